The minimum atomic E-state index is 0.515. The van der Waals surface area contributed by atoms with Gasteiger partial charge in [-0.3, -0.25) is 4.98 Å². The van der Waals surface area contributed by atoms with Crippen LogP contribution >= 0.6 is 15.9 Å². The standard InChI is InChI=1S/C12H19BrN2/c1-9(13)7-11(3)14-8-12-6-4-5-10(2)15-12/h4-6,9,11,14H,7-8H2,1-3H3. The minimum Gasteiger partial charge on any atom is -0.309 e. The molecule has 2 nitrogen and oxygen atoms in total. The summed E-state index contributed by atoms with van der Waals surface area (Å²) < 4.78 is 0. The van der Waals surface area contributed by atoms with Crippen molar-refractivity contribution in [1.29, 1.82) is 0 Å². The van der Waals surface area contributed by atoms with Crippen LogP contribution in [0.3, 0.4) is 0 Å². The molecule has 0 fully saturated rings. The van der Waals surface area contributed by atoms with Crippen molar-refractivity contribution >= 4 is 15.9 Å². The summed E-state index contributed by atoms with van der Waals surface area (Å²) in [5.74, 6) is 0. The molecule has 1 heterocycles. The molecule has 0 saturated carbocycles. The number of halogens is 1. The van der Waals surface area contributed by atoms with E-state index in [0.29, 0.717) is 10.9 Å². The monoisotopic (exact) mass is 270 g/mol. The van der Waals surface area contributed by atoms with Crippen molar-refractivity contribution in [1.82, 2.24) is 10.3 Å². The van der Waals surface area contributed by atoms with Crippen molar-refractivity contribution in [3.63, 3.8) is 0 Å². The van der Waals surface area contributed by atoms with Crippen LogP contribution in [0.1, 0.15) is 31.7 Å². The summed E-state index contributed by atoms with van der Waals surface area (Å²) in [4.78, 5) is 5.01. The largest absolute Gasteiger partial charge is 0.309 e. The van der Waals surface area contributed by atoms with Gasteiger partial charge in [0, 0.05) is 23.1 Å². The van der Waals surface area contributed by atoms with Crippen LogP contribution in [0.15, 0.2) is 18.2 Å². The Bertz CT molecular complexity index is 299. The van der Waals surface area contributed by atoms with Gasteiger partial charge in [-0.15, -0.1) is 0 Å². The Morgan fingerprint density at radius 1 is 1.40 bits per heavy atom. The lowest BCUT2D eigenvalue weighted by Crippen LogP contribution is -2.27. The third-order valence-corrected chi connectivity index (χ3v) is 2.63. The molecule has 2 unspecified atom stereocenters. The summed E-state index contributed by atoms with van der Waals surface area (Å²) in [5.41, 5.74) is 2.19. The number of pyridine rings is 1. The molecule has 0 radical (unpaired) electrons. The molecule has 0 aliphatic rings. The van der Waals surface area contributed by atoms with E-state index in [1.807, 2.05) is 13.0 Å². The first-order chi connectivity index (χ1) is 7.08. The van der Waals surface area contributed by atoms with E-state index in [-0.39, 0.29) is 0 Å². The summed E-state index contributed by atoms with van der Waals surface area (Å²) in [6, 6.07) is 6.65. The second-order valence-corrected chi connectivity index (χ2v) is 5.63. The van der Waals surface area contributed by atoms with Crippen molar-refractivity contribution in [2.24, 2.45) is 0 Å². The highest BCUT2D eigenvalue weighted by Gasteiger charge is 2.05. The van der Waals surface area contributed by atoms with Gasteiger partial charge in [0.2, 0.25) is 0 Å². The van der Waals surface area contributed by atoms with E-state index in [9.17, 15) is 0 Å². The van der Waals surface area contributed by atoms with Crippen LogP contribution in [0, 0.1) is 6.92 Å². The number of aryl methyl sites for hydroxylation is 1. The molecule has 0 aromatic carbocycles. The van der Waals surface area contributed by atoms with Crippen LogP contribution in [0.4, 0.5) is 0 Å². The molecule has 1 aromatic rings. The van der Waals surface area contributed by atoms with Gasteiger partial charge in [0.05, 0.1) is 5.69 Å². The van der Waals surface area contributed by atoms with Crippen LogP contribution in [-0.4, -0.2) is 15.9 Å². The third kappa shape index (κ3) is 5.28. The van der Waals surface area contributed by atoms with Gasteiger partial charge in [-0.25, -0.2) is 0 Å². The Balaban J connectivity index is 2.36. The summed E-state index contributed by atoms with van der Waals surface area (Å²) in [7, 11) is 0. The zero-order chi connectivity index (χ0) is 11.3. The van der Waals surface area contributed by atoms with E-state index in [2.05, 4.69) is 52.2 Å². The molecule has 0 bridgehead atoms. The lowest BCUT2D eigenvalue weighted by Gasteiger charge is -2.14. The fraction of sp³-hybridized carbons (Fsp3) is 0.583. The van der Waals surface area contributed by atoms with Gasteiger partial charge >= 0.3 is 0 Å². The maximum absolute atomic E-state index is 4.45. The normalized spacial score (nSPS) is 14.9. The zero-order valence-corrected chi connectivity index (χ0v) is 11.2. The van der Waals surface area contributed by atoms with Crippen LogP contribution in [-0.2, 0) is 6.54 Å². The average Bonchev–Trinajstić information content (AvgIpc) is 2.14. The highest BCUT2D eigenvalue weighted by Crippen LogP contribution is 2.07. The molecule has 0 aliphatic heterocycles. The number of nitrogens with zero attached hydrogens (tertiary/aromatic N) is 1. The lowest BCUT2D eigenvalue weighted by molar-refractivity contribution is 0.511. The van der Waals surface area contributed by atoms with Crippen LogP contribution in [0.2, 0.25) is 0 Å². The van der Waals surface area contributed by atoms with Crippen molar-refractivity contribution in [2.45, 2.75) is 44.6 Å². The van der Waals surface area contributed by atoms with Crippen molar-refractivity contribution in [2.75, 3.05) is 0 Å². The first-order valence-electron chi connectivity index (χ1n) is 5.38. The fourth-order valence-electron chi connectivity index (χ4n) is 1.55. The Labute approximate surface area is 101 Å². The Morgan fingerprint density at radius 3 is 2.73 bits per heavy atom. The maximum atomic E-state index is 4.45. The molecule has 2 atom stereocenters. The van der Waals surface area contributed by atoms with Gasteiger partial charge in [0.1, 0.15) is 0 Å². The number of hydrogen-bond acceptors (Lipinski definition) is 2. The highest BCUT2D eigenvalue weighted by atomic mass is 79.9. The minimum absolute atomic E-state index is 0.515. The Morgan fingerprint density at radius 2 is 2.13 bits per heavy atom. The molecule has 1 N–H and O–H groups in total. The van der Waals surface area contributed by atoms with Gasteiger partial charge in [0.25, 0.3) is 0 Å². The fourth-order valence-corrected chi connectivity index (χ4v) is 2.11. The summed E-state index contributed by atoms with van der Waals surface area (Å²) in [6.45, 7) is 7.24. The average molecular weight is 271 g/mol. The molecule has 1 rings (SSSR count). The van der Waals surface area contributed by atoms with Gasteiger partial charge in [-0.05, 0) is 32.4 Å². The van der Waals surface area contributed by atoms with Gasteiger partial charge < -0.3 is 5.32 Å². The summed E-state index contributed by atoms with van der Waals surface area (Å²) >= 11 is 3.56. The van der Waals surface area contributed by atoms with E-state index in [1.54, 1.807) is 0 Å². The van der Waals surface area contributed by atoms with Crippen molar-refractivity contribution < 1.29 is 0 Å². The van der Waals surface area contributed by atoms with Crippen LogP contribution in [0.5, 0.6) is 0 Å². The highest BCUT2D eigenvalue weighted by molar-refractivity contribution is 9.09. The van der Waals surface area contributed by atoms with E-state index >= 15 is 0 Å². The van der Waals surface area contributed by atoms with Gasteiger partial charge in [-0.2, -0.15) is 0 Å². The molecular weight excluding hydrogens is 252 g/mol. The van der Waals surface area contributed by atoms with E-state index in [0.717, 1.165) is 24.4 Å². The van der Waals surface area contributed by atoms with Crippen LogP contribution in [0.25, 0.3) is 0 Å². The molecule has 1 aromatic heterocycles. The Kier molecular flexibility index (Phi) is 5.26. The summed E-state index contributed by atoms with van der Waals surface area (Å²) in [6.07, 6.45) is 1.13. The SMILES string of the molecule is Cc1cccc(CNC(C)CC(C)Br)n1. The molecule has 15 heavy (non-hydrogen) atoms. The third-order valence-electron chi connectivity index (χ3n) is 2.26. The maximum Gasteiger partial charge on any atom is 0.0544 e. The van der Waals surface area contributed by atoms with E-state index in [4.69, 9.17) is 0 Å². The number of hydrogen-bond donors (Lipinski definition) is 1. The second kappa shape index (κ2) is 6.23. The molecule has 0 spiro atoms. The topological polar surface area (TPSA) is 24.9 Å². The second-order valence-electron chi connectivity index (χ2n) is 4.07. The zero-order valence-electron chi connectivity index (χ0n) is 9.63. The number of alkyl halides is 1. The van der Waals surface area contributed by atoms with Gasteiger partial charge in [0.15, 0.2) is 0 Å². The predicted octanol–water partition coefficient (Wildman–Crippen LogP) is 3.04. The first-order valence-corrected chi connectivity index (χ1v) is 6.29. The number of nitrogens with one attached hydrogen (secondary N) is 1. The molecule has 0 aliphatic carbocycles. The lowest BCUT2D eigenvalue weighted by atomic mass is 10.2. The number of rotatable bonds is 5. The summed E-state index contributed by atoms with van der Waals surface area (Å²) in [5, 5.41) is 3.46. The van der Waals surface area contributed by atoms with Gasteiger partial charge in [-0.1, -0.05) is 28.9 Å². The van der Waals surface area contributed by atoms with Crippen LogP contribution < -0.4 is 5.32 Å². The quantitative estimate of drug-likeness (QED) is 0.833. The number of aromatic nitrogens is 1. The van der Waals surface area contributed by atoms with E-state index in [1.165, 1.54) is 0 Å². The molecule has 0 amide bonds. The van der Waals surface area contributed by atoms with Crippen molar-refractivity contribution in [3.05, 3.63) is 29.6 Å². The van der Waals surface area contributed by atoms with E-state index < -0.39 is 0 Å². The molecule has 0 saturated heterocycles. The molecule has 84 valence electrons. The predicted molar refractivity (Wildman–Crippen MR) is 68.3 cm³/mol. The van der Waals surface area contributed by atoms with Crippen molar-refractivity contribution in [3.8, 4) is 0 Å². The molecule has 3 heteroatoms. The first kappa shape index (κ1) is 12.7. The Hall–Kier alpha value is -0.410. The molecular formula is C12H19BrN2. The smallest absolute Gasteiger partial charge is 0.0544 e.